The maximum Gasteiger partial charge on any atom is 0.333 e. The number of carbonyl (C=O) groups is 1. The molecule has 0 saturated heterocycles. The van der Waals surface area contributed by atoms with Crippen LogP contribution in [-0.4, -0.2) is 13.1 Å². The molecule has 0 aromatic heterocycles. The number of ether oxygens (including phenoxy) is 1. The highest BCUT2D eigenvalue weighted by Crippen LogP contribution is 2.19. The second-order valence-corrected chi connectivity index (χ2v) is 4.13. The first-order valence-corrected chi connectivity index (χ1v) is 5.30. The van der Waals surface area contributed by atoms with E-state index in [1.54, 1.807) is 6.92 Å². The number of rotatable bonds is 2. The molecule has 16 heavy (non-hydrogen) atoms. The molecule has 0 heterocycles. The van der Waals surface area contributed by atoms with E-state index in [2.05, 4.69) is 37.6 Å². The first kappa shape index (κ1) is 12.5. The third-order valence-corrected chi connectivity index (χ3v) is 2.61. The summed E-state index contributed by atoms with van der Waals surface area (Å²) in [7, 11) is 1.40. The van der Waals surface area contributed by atoms with Gasteiger partial charge in [0.2, 0.25) is 0 Å². The quantitative estimate of drug-likeness (QED) is 0.563. The van der Waals surface area contributed by atoms with Gasteiger partial charge in [0.15, 0.2) is 0 Å². The average Bonchev–Trinajstić information content (AvgIpc) is 2.21. The molecule has 1 aromatic rings. The fraction of sp³-hybridized carbons (Fsp3) is 0.357. The van der Waals surface area contributed by atoms with Crippen molar-refractivity contribution in [3.05, 3.63) is 40.0 Å². The van der Waals surface area contributed by atoms with Gasteiger partial charge in [0.1, 0.15) is 0 Å². The summed E-state index contributed by atoms with van der Waals surface area (Å²) in [4.78, 5) is 11.3. The van der Waals surface area contributed by atoms with E-state index in [0.29, 0.717) is 5.57 Å². The van der Waals surface area contributed by atoms with Crippen molar-refractivity contribution in [1.29, 1.82) is 0 Å². The van der Waals surface area contributed by atoms with Crippen LogP contribution >= 0.6 is 0 Å². The molecule has 2 nitrogen and oxygen atoms in total. The number of methoxy groups -OCH3 is 1. The minimum absolute atomic E-state index is 0.278. The molecule has 0 aliphatic rings. The van der Waals surface area contributed by atoms with Crippen molar-refractivity contribution in [2.24, 2.45) is 0 Å². The van der Waals surface area contributed by atoms with Crippen molar-refractivity contribution in [1.82, 2.24) is 0 Å². The fourth-order valence-corrected chi connectivity index (χ4v) is 1.86. The lowest BCUT2D eigenvalue weighted by Gasteiger charge is -2.08. The molecule has 0 bridgehead atoms. The van der Waals surface area contributed by atoms with Gasteiger partial charge in [0.25, 0.3) is 0 Å². The van der Waals surface area contributed by atoms with Crippen molar-refractivity contribution in [2.45, 2.75) is 27.7 Å². The zero-order valence-corrected chi connectivity index (χ0v) is 10.5. The SMILES string of the molecule is COC(=O)/C(C)=C/c1c(C)cc(C)cc1C. The number of aryl methyl sites for hydroxylation is 3. The van der Waals surface area contributed by atoms with Crippen LogP contribution in [-0.2, 0) is 9.53 Å². The van der Waals surface area contributed by atoms with Gasteiger partial charge in [0.05, 0.1) is 7.11 Å². The Labute approximate surface area is 96.9 Å². The van der Waals surface area contributed by atoms with Crippen LogP contribution in [0, 0.1) is 20.8 Å². The number of esters is 1. The second kappa shape index (κ2) is 4.97. The molecule has 0 radical (unpaired) electrons. The summed E-state index contributed by atoms with van der Waals surface area (Å²) in [6.07, 6.45) is 1.88. The monoisotopic (exact) mass is 218 g/mol. The van der Waals surface area contributed by atoms with Crippen molar-refractivity contribution in [3.8, 4) is 0 Å². The minimum atomic E-state index is -0.278. The smallest absolute Gasteiger partial charge is 0.333 e. The van der Waals surface area contributed by atoms with Gasteiger partial charge in [-0.15, -0.1) is 0 Å². The molecule has 2 heteroatoms. The van der Waals surface area contributed by atoms with Gasteiger partial charge >= 0.3 is 5.97 Å². The van der Waals surface area contributed by atoms with E-state index in [4.69, 9.17) is 0 Å². The highest BCUT2D eigenvalue weighted by molar-refractivity contribution is 5.93. The maximum atomic E-state index is 11.3. The zero-order valence-electron chi connectivity index (χ0n) is 10.5. The predicted octanol–water partition coefficient (Wildman–Crippen LogP) is 3.19. The van der Waals surface area contributed by atoms with Crippen molar-refractivity contribution in [2.75, 3.05) is 7.11 Å². The Kier molecular flexibility index (Phi) is 3.88. The van der Waals surface area contributed by atoms with Gasteiger partial charge < -0.3 is 4.74 Å². The van der Waals surface area contributed by atoms with E-state index in [0.717, 1.165) is 5.56 Å². The van der Waals surface area contributed by atoms with E-state index < -0.39 is 0 Å². The Hall–Kier alpha value is -1.57. The van der Waals surface area contributed by atoms with Crippen LogP contribution in [0.2, 0.25) is 0 Å². The lowest BCUT2D eigenvalue weighted by atomic mass is 9.98. The standard InChI is InChI=1S/C14H18O2/c1-9-6-10(2)13(11(3)7-9)8-12(4)14(15)16-5/h6-8H,1-5H3/b12-8+. The van der Waals surface area contributed by atoms with Crippen LogP contribution in [0.4, 0.5) is 0 Å². The summed E-state index contributed by atoms with van der Waals surface area (Å²) in [6, 6.07) is 4.23. The molecule has 0 aliphatic heterocycles. The Morgan fingerprint density at radius 1 is 1.19 bits per heavy atom. The first-order chi connectivity index (χ1) is 7.45. The maximum absolute atomic E-state index is 11.3. The topological polar surface area (TPSA) is 26.3 Å². The highest BCUT2D eigenvalue weighted by Gasteiger charge is 2.06. The van der Waals surface area contributed by atoms with Crippen LogP contribution in [0.15, 0.2) is 17.7 Å². The van der Waals surface area contributed by atoms with Crippen LogP contribution < -0.4 is 0 Å². The van der Waals surface area contributed by atoms with Crippen LogP contribution in [0.3, 0.4) is 0 Å². The van der Waals surface area contributed by atoms with Crippen LogP contribution in [0.1, 0.15) is 29.2 Å². The Balaban J connectivity index is 3.20. The Morgan fingerprint density at radius 2 is 1.69 bits per heavy atom. The molecule has 0 amide bonds. The van der Waals surface area contributed by atoms with Crippen LogP contribution in [0.5, 0.6) is 0 Å². The zero-order chi connectivity index (χ0) is 12.3. The Morgan fingerprint density at radius 3 is 2.12 bits per heavy atom. The average molecular weight is 218 g/mol. The van der Waals surface area contributed by atoms with E-state index >= 15 is 0 Å². The first-order valence-electron chi connectivity index (χ1n) is 5.30. The van der Waals surface area contributed by atoms with Crippen molar-refractivity contribution < 1.29 is 9.53 Å². The number of hydrogen-bond acceptors (Lipinski definition) is 2. The largest absolute Gasteiger partial charge is 0.466 e. The number of carbonyl (C=O) groups excluding carboxylic acids is 1. The van der Waals surface area contributed by atoms with Gasteiger partial charge in [-0.3, -0.25) is 0 Å². The number of benzene rings is 1. The van der Waals surface area contributed by atoms with Gasteiger partial charge in [0, 0.05) is 5.57 Å². The molecular weight excluding hydrogens is 200 g/mol. The molecule has 0 spiro atoms. The summed E-state index contributed by atoms with van der Waals surface area (Å²) < 4.78 is 4.68. The molecule has 0 saturated carbocycles. The number of hydrogen-bond donors (Lipinski definition) is 0. The summed E-state index contributed by atoms with van der Waals surface area (Å²) in [5, 5.41) is 0. The molecular formula is C14H18O2. The lowest BCUT2D eigenvalue weighted by molar-refractivity contribution is -0.135. The van der Waals surface area contributed by atoms with Crippen molar-refractivity contribution >= 4 is 12.0 Å². The molecule has 86 valence electrons. The van der Waals surface area contributed by atoms with Crippen LogP contribution in [0.25, 0.3) is 6.08 Å². The molecule has 1 rings (SSSR count). The normalized spacial score (nSPS) is 11.4. The Bertz CT molecular complexity index is 419. The summed E-state index contributed by atoms with van der Waals surface area (Å²) in [5.74, 6) is -0.278. The highest BCUT2D eigenvalue weighted by atomic mass is 16.5. The molecule has 0 atom stereocenters. The molecule has 0 fully saturated rings. The van der Waals surface area contributed by atoms with Crippen molar-refractivity contribution in [3.63, 3.8) is 0 Å². The van der Waals surface area contributed by atoms with Gasteiger partial charge in [-0.2, -0.15) is 0 Å². The summed E-state index contributed by atoms with van der Waals surface area (Å²) in [5.41, 5.74) is 5.33. The molecule has 0 aliphatic carbocycles. The third-order valence-electron chi connectivity index (χ3n) is 2.61. The van der Waals surface area contributed by atoms with Gasteiger partial charge in [-0.1, -0.05) is 17.7 Å². The van der Waals surface area contributed by atoms with E-state index in [1.165, 1.54) is 23.8 Å². The third kappa shape index (κ3) is 2.72. The lowest BCUT2D eigenvalue weighted by Crippen LogP contribution is -2.02. The van der Waals surface area contributed by atoms with E-state index in [1.807, 2.05) is 6.08 Å². The van der Waals surface area contributed by atoms with E-state index in [9.17, 15) is 4.79 Å². The summed E-state index contributed by atoms with van der Waals surface area (Å²) >= 11 is 0. The molecule has 0 unspecified atom stereocenters. The molecule has 0 N–H and O–H groups in total. The van der Waals surface area contributed by atoms with Gasteiger partial charge in [-0.05, 0) is 50.5 Å². The summed E-state index contributed by atoms with van der Waals surface area (Å²) in [6.45, 7) is 7.94. The predicted molar refractivity (Wildman–Crippen MR) is 66.3 cm³/mol. The fourth-order valence-electron chi connectivity index (χ4n) is 1.86. The minimum Gasteiger partial charge on any atom is -0.466 e. The van der Waals surface area contributed by atoms with Gasteiger partial charge in [-0.25, -0.2) is 4.79 Å². The van der Waals surface area contributed by atoms with E-state index in [-0.39, 0.29) is 5.97 Å². The second-order valence-electron chi connectivity index (χ2n) is 4.13. The molecule has 1 aromatic carbocycles.